The second-order valence-electron chi connectivity index (χ2n) is 17.8. The fourth-order valence-corrected chi connectivity index (χ4v) is 7.57. The van der Waals surface area contributed by atoms with Crippen LogP contribution < -0.4 is 10.2 Å². The zero-order chi connectivity index (χ0) is 43.6. The van der Waals surface area contributed by atoms with Crippen molar-refractivity contribution in [3.63, 3.8) is 0 Å². The fourth-order valence-electron chi connectivity index (χ4n) is 6.85. The topological polar surface area (TPSA) is 108 Å². The number of hydrogen-bond donors (Lipinski definition) is 2. The Morgan fingerprint density at radius 3 is 1.51 bits per heavy atom. The van der Waals surface area contributed by atoms with Crippen molar-refractivity contribution in [2.24, 2.45) is 0 Å². The maximum atomic E-state index is 12.9. The maximum absolute atomic E-state index is 12.9. The molecule has 0 saturated carbocycles. The Labute approximate surface area is 365 Å². The average Bonchev–Trinajstić information content (AvgIpc) is 3.19. The van der Waals surface area contributed by atoms with Crippen LogP contribution in [0.15, 0.2) is 48.6 Å². The van der Waals surface area contributed by atoms with Crippen molar-refractivity contribution in [2.45, 2.75) is 225 Å². The molecule has 3 atom stereocenters. The Morgan fingerprint density at radius 1 is 0.593 bits per heavy atom. The number of aliphatic hydroxyl groups is 1. The summed E-state index contributed by atoms with van der Waals surface area (Å²) >= 11 is 0. The number of likely N-dealkylation sites (N-methyl/N-ethyl adjacent to an activating group) is 1. The number of hydrogen-bond acceptors (Lipinski definition) is 6. The standard InChI is InChI=1S/C50H95N2O6P/c1-6-8-10-12-14-16-18-20-22-24-25-26-28-29-31-33-35-37-39-41-43-49(53)48(47-58-59(55,56)57-46-45-52(3,4)5)51-50(54)44-42-40-38-36-34-32-30-27-23-21-19-17-15-13-11-9-7-2/h15,17,21,23,33,35,41,43,48-49,53H,6-14,16,18-20,22,24-32,34,36-40,42,44-47H2,1-5H3,(H-,51,54,55,56)/b17-15-,23-21-,35-33+,43-41+. The molecular weight excluding hydrogens is 756 g/mol. The average molecular weight is 851 g/mol. The lowest BCUT2D eigenvalue weighted by molar-refractivity contribution is -0.870. The normalized spacial score (nSPS) is 14.6. The number of nitrogens with zero attached hydrogens (tertiary/aromatic N) is 1. The van der Waals surface area contributed by atoms with Gasteiger partial charge < -0.3 is 28.8 Å². The van der Waals surface area contributed by atoms with Crippen LogP contribution in [0, 0.1) is 0 Å². The summed E-state index contributed by atoms with van der Waals surface area (Å²) in [7, 11) is 1.24. The van der Waals surface area contributed by atoms with E-state index in [2.05, 4.69) is 55.6 Å². The molecule has 0 aliphatic rings. The number of carbonyl (C=O) groups excluding carboxylic acids is 1. The van der Waals surface area contributed by atoms with Crippen LogP contribution in [0.25, 0.3) is 0 Å². The van der Waals surface area contributed by atoms with E-state index in [-0.39, 0.29) is 12.5 Å². The third-order valence-corrected chi connectivity index (χ3v) is 11.7. The van der Waals surface area contributed by atoms with E-state index in [0.717, 1.165) is 57.8 Å². The number of nitrogens with one attached hydrogen (secondary N) is 1. The second kappa shape index (κ2) is 41.8. The predicted molar refractivity (Wildman–Crippen MR) is 251 cm³/mol. The van der Waals surface area contributed by atoms with E-state index >= 15 is 0 Å². The van der Waals surface area contributed by atoms with Crippen LogP contribution in [-0.4, -0.2) is 68.5 Å². The minimum Gasteiger partial charge on any atom is -0.756 e. The molecule has 0 aliphatic carbocycles. The molecule has 59 heavy (non-hydrogen) atoms. The third-order valence-electron chi connectivity index (χ3n) is 10.8. The smallest absolute Gasteiger partial charge is 0.268 e. The molecule has 0 saturated heterocycles. The summed E-state index contributed by atoms with van der Waals surface area (Å²) in [6, 6.07) is -0.908. The van der Waals surface area contributed by atoms with Gasteiger partial charge in [0.05, 0.1) is 39.9 Å². The van der Waals surface area contributed by atoms with Crippen molar-refractivity contribution in [1.29, 1.82) is 0 Å². The van der Waals surface area contributed by atoms with Crippen molar-refractivity contribution >= 4 is 13.7 Å². The zero-order valence-electron chi connectivity index (χ0n) is 39.2. The van der Waals surface area contributed by atoms with Gasteiger partial charge in [-0.3, -0.25) is 9.36 Å². The van der Waals surface area contributed by atoms with Crippen molar-refractivity contribution in [3.05, 3.63) is 48.6 Å². The zero-order valence-corrected chi connectivity index (χ0v) is 40.1. The molecule has 0 radical (unpaired) electrons. The van der Waals surface area contributed by atoms with Crippen LogP contribution in [0.4, 0.5) is 0 Å². The largest absolute Gasteiger partial charge is 0.756 e. The summed E-state index contributed by atoms with van der Waals surface area (Å²) in [6.07, 6.45) is 53.0. The molecule has 0 rings (SSSR count). The maximum Gasteiger partial charge on any atom is 0.268 e. The molecular formula is C50H95N2O6P. The first-order valence-electron chi connectivity index (χ1n) is 24.5. The van der Waals surface area contributed by atoms with Gasteiger partial charge in [-0.05, 0) is 64.2 Å². The van der Waals surface area contributed by atoms with E-state index < -0.39 is 26.6 Å². The number of unbranched alkanes of at least 4 members (excludes halogenated alkanes) is 25. The molecule has 0 aliphatic heterocycles. The number of amides is 1. The quantitative estimate of drug-likeness (QED) is 0.0274. The van der Waals surface area contributed by atoms with Gasteiger partial charge >= 0.3 is 0 Å². The molecule has 0 aromatic rings. The summed E-state index contributed by atoms with van der Waals surface area (Å²) in [5.41, 5.74) is 0. The molecule has 0 aromatic heterocycles. The number of phosphoric acid groups is 1. The molecule has 0 heterocycles. The highest BCUT2D eigenvalue weighted by Gasteiger charge is 2.23. The molecule has 0 fully saturated rings. The van der Waals surface area contributed by atoms with Gasteiger partial charge in [0.25, 0.3) is 7.82 Å². The number of quaternary nitrogens is 1. The van der Waals surface area contributed by atoms with Crippen molar-refractivity contribution in [3.8, 4) is 0 Å². The molecule has 8 nitrogen and oxygen atoms in total. The van der Waals surface area contributed by atoms with Crippen LogP contribution in [0.1, 0.15) is 213 Å². The van der Waals surface area contributed by atoms with Crippen LogP contribution in [0.2, 0.25) is 0 Å². The Bertz CT molecular complexity index is 1100. The third kappa shape index (κ3) is 44.3. The Morgan fingerprint density at radius 2 is 1.00 bits per heavy atom. The van der Waals surface area contributed by atoms with Gasteiger partial charge in [0.1, 0.15) is 13.2 Å². The summed E-state index contributed by atoms with van der Waals surface area (Å²) in [5, 5.41) is 13.8. The molecule has 0 aromatic carbocycles. The second-order valence-corrected chi connectivity index (χ2v) is 19.2. The monoisotopic (exact) mass is 851 g/mol. The van der Waals surface area contributed by atoms with Crippen molar-refractivity contribution < 1.29 is 32.9 Å². The van der Waals surface area contributed by atoms with Crippen LogP contribution in [-0.2, 0) is 18.4 Å². The van der Waals surface area contributed by atoms with E-state index in [1.54, 1.807) is 6.08 Å². The lowest BCUT2D eigenvalue weighted by Crippen LogP contribution is -2.45. The molecule has 2 N–H and O–H groups in total. The summed E-state index contributed by atoms with van der Waals surface area (Å²) < 4.78 is 23.2. The molecule has 0 bridgehead atoms. The lowest BCUT2D eigenvalue weighted by atomic mass is 10.0. The number of carbonyl (C=O) groups is 1. The summed E-state index contributed by atoms with van der Waals surface area (Å²) in [5.74, 6) is -0.216. The Kier molecular flexibility index (Phi) is 40.7. The number of allylic oxidation sites excluding steroid dienone is 7. The van der Waals surface area contributed by atoms with E-state index in [0.29, 0.717) is 17.4 Å². The lowest BCUT2D eigenvalue weighted by Gasteiger charge is -2.29. The molecule has 3 unspecified atom stereocenters. The van der Waals surface area contributed by atoms with E-state index in [9.17, 15) is 19.4 Å². The van der Waals surface area contributed by atoms with Crippen molar-refractivity contribution in [1.82, 2.24) is 5.32 Å². The van der Waals surface area contributed by atoms with Gasteiger partial charge in [-0.1, -0.05) is 191 Å². The van der Waals surface area contributed by atoms with Gasteiger partial charge in [0.2, 0.25) is 5.91 Å². The first kappa shape index (κ1) is 57.5. The van der Waals surface area contributed by atoms with Crippen molar-refractivity contribution in [2.75, 3.05) is 40.9 Å². The molecule has 9 heteroatoms. The van der Waals surface area contributed by atoms with Gasteiger partial charge in [-0.25, -0.2) is 0 Å². The Hall–Kier alpha value is -1.54. The van der Waals surface area contributed by atoms with Gasteiger partial charge in [-0.2, -0.15) is 0 Å². The summed E-state index contributed by atoms with van der Waals surface area (Å²) in [4.78, 5) is 25.4. The fraction of sp³-hybridized carbons (Fsp3) is 0.820. The minimum atomic E-state index is -4.60. The SMILES string of the molecule is CCCCC/C=C\C/C=C\CCCCCCCCCC(=O)NC(COP(=O)([O-])OCC[N+](C)(C)C)C(O)/C=C/CC/C=C/CCCCCCCCCCCCCCCC. The highest BCUT2D eigenvalue weighted by atomic mass is 31.2. The van der Waals surface area contributed by atoms with E-state index in [1.807, 2.05) is 27.2 Å². The van der Waals surface area contributed by atoms with E-state index in [4.69, 9.17) is 9.05 Å². The van der Waals surface area contributed by atoms with Crippen LogP contribution >= 0.6 is 7.82 Å². The van der Waals surface area contributed by atoms with Gasteiger partial charge in [-0.15, -0.1) is 0 Å². The highest BCUT2D eigenvalue weighted by molar-refractivity contribution is 7.45. The number of aliphatic hydroxyl groups excluding tert-OH is 1. The highest BCUT2D eigenvalue weighted by Crippen LogP contribution is 2.38. The first-order valence-corrected chi connectivity index (χ1v) is 26.0. The van der Waals surface area contributed by atoms with Gasteiger partial charge in [0, 0.05) is 6.42 Å². The van der Waals surface area contributed by atoms with E-state index in [1.165, 1.54) is 135 Å². The predicted octanol–water partition coefficient (Wildman–Crippen LogP) is 13.4. The number of rotatable bonds is 44. The molecule has 346 valence electrons. The minimum absolute atomic E-state index is 0.00908. The molecule has 1 amide bonds. The van der Waals surface area contributed by atoms with Crippen LogP contribution in [0.5, 0.6) is 0 Å². The van der Waals surface area contributed by atoms with Gasteiger partial charge in [0.15, 0.2) is 0 Å². The Balaban J connectivity index is 4.42. The first-order chi connectivity index (χ1) is 28.5. The van der Waals surface area contributed by atoms with Crippen LogP contribution in [0.3, 0.4) is 0 Å². The number of phosphoric ester groups is 1. The summed E-state index contributed by atoms with van der Waals surface area (Å²) in [6.45, 7) is 4.60. The molecule has 0 spiro atoms.